The SMILES string of the molecule is CCC(N)c1ccccc1OCCCC(=O)NC. The summed E-state index contributed by atoms with van der Waals surface area (Å²) in [6.07, 6.45) is 2.06. The number of rotatable bonds is 7. The average molecular weight is 250 g/mol. The van der Waals surface area contributed by atoms with Crippen LogP contribution in [-0.2, 0) is 4.79 Å². The van der Waals surface area contributed by atoms with Crippen molar-refractivity contribution in [1.82, 2.24) is 5.32 Å². The van der Waals surface area contributed by atoms with Crippen molar-refractivity contribution in [3.05, 3.63) is 29.8 Å². The second kappa shape index (κ2) is 7.71. The molecule has 1 rings (SSSR count). The van der Waals surface area contributed by atoms with Crippen molar-refractivity contribution < 1.29 is 9.53 Å². The lowest BCUT2D eigenvalue weighted by atomic mass is 10.0. The topological polar surface area (TPSA) is 64.3 Å². The smallest absolute Gasteiger partial charge is 0.219 e. The van der Waals surface area contributed by atoms with Crippen molar-refractivity contribution in [2.24, 2.45) is 5.73 Å². The fourth-order valence-electron chi connectivity index (χ4n) is 1.68. The van der Waals surface area contributed by atoms with Gasteiger partial charge in [-0.15, -0.1) is 0 Å². The van der Waals surface area contributed by atoms with Gasteiger partial charge in [-0.2, -0.15) is 0 Å². The van der Waals surface area contributed by atoms with Gasteiger partial charge in [0.15, 0.2) is 0 Å². The van der Waals surface area contributed by atoms with Crippen molar-refractivity contribution >= 4 is 5.91 Å². The van der Waals surface area contributed by atoms with Crippen LogP contribution in [-0.4, -0.2) is 19.6 Å². The maximum absolute atomic E-state index is 11.1. The first-order chi connectivity index (χ1) is 8.69. The molecule has 0 aliphatic carbocycles. The molecular formula is C14H22N2O2. The minimum atomic E-state index is 0.000130. The lowest BCUT2D eigenvalue weighted by molar-refractivity contribution is -0.120. The van der Waals surface area contributed by atoms with E-state index in [0.717, 1.165) is 17.7 Å². The van der Waals surface area contributed by atoms with Crippen LogP contribution in [0.2, 0.25) is 0 Å². The zero-order valence-electron chi connectivity index (χ0n) is 11.1. The Hall–Kier alpha value is -1.55. The number of hydrogen-bond acceptors (Lipinski definition) is 3. The lowest BCUT2D eigenvalue weighted by Gasteiger charge is -2.15. The largest absolute Gasteiger partial charge is 0.493 e. The third-order valence-electron chi connectivity index (χ3n) is 2.84. The molecule has 4 nitrogen and oxygen atoms in total. The Labute approximate surface area is 109 Å². The summed E-state index contributed by atoms with van der Waals surface area (Å²) in [6.45, 7) is 2.58. The van der Waals surface area contributed by atoms with E-state index in [4.69, 9.17) is 10.5 Å². The fourth-order valence-corrected chi connectivity index (χ4v) is 1.68. The molecule has 0 bridgehead atoms. The molecule has 0 saturated heterocycles. The summed E-state index contributed by atoms with van der Waals surface area (Å²) in [7, 11) is 1.64. The number of carbonyl (C=O) groups excluding carboxylic acids is 1. The molecular weight excluding hydrogens is 228 g/mol. The minimum Gasteiger partial charge on any atom is -0.493 e. The zero-order chi connectivity index (χ0) is 13.4. The van der Waals surface area contributed by atoms with E-state index < -0.39 is 0 Å². The quantitative estimate of drug-likeness (QED) is 0.727. The third-order valence-corrected chi connectivity index (χ3v) is 2.84. The van der Waals surface area contributed by atoms with Gasteiger partial charge in [0.2, 0.25) is 5.91 Å². The fraction of sp³-hybridized carbons (Fsp3) is 0.500. The first kappa shape index (κ1) is 14.5. The Bertz CT molecular complexity index is 380. The van der Waals surface area contributed by atoms with Gasteiger partial charge in [0.1, 0.15) is 5.75 Å². The van der Waals surface area contributed by atoms with Gasteiger partial charge in [-0.1, -0.05) is 25.1 Å². The van der Waals surface area contributed by atoms with E-state index in [-0.39, 0.29) is 11.9 Å². The van der Waals surface area contributed by atoms with Crippen LogP contribution >= 0.6 is 0 Å². The summed E-state index contributed by atoms with van der Waals surface area (Å²) >= 11 is 0. The molecule has 0 saturated carbocycles. The first-order valence-electron chi connectivity index (χ1n) is 6.37. The normalized spacial score (nSPS) is 11.9. The summed E-state index contributed by atoms with van der Waals surface area (Å²) in [6, 6.07) is 7.80. The zero-order valence-corrected chi connectivity index (χ0v) is 11.1. The summed E-state index contributed by atoms with van der Waals surface area (Å²) < 4.78 is 5.70. The maximum atomic E-state index is 11.1. The highest BCUT2D eigenvalue weighted by molar-refractivity contribution is 5.75. The monoisotopic (exact) mass is 250 g/mol. The summed E-state index contributed by atoms with van der Waals surface area (Å²) in [5, 5.41) is 2.59. The van der Waals surface area contributed by atoms with Gasteiger partial charge in [0.05, 0.1) is 6.61 Å². The van der Waals surface area contributed by atoms with Gasteiger partial charge in [-0.05, 0) is 18.9 Å². The first-order valence-corrected chi connectivity index (χ1v) is 6.37. The van der Waals surface area contributed by atoms with Crippen LogP contribution < -0.4 is 15.8 Å². The Balaban J connectivity index is 2.49. The van der Waals surface area contributed by atoms with Gasteiger partial charge in [0.25, 0.3) is 0 Å². The van der Waals surface area contributed by atoms with E-state index in [0.29, 0.717) is 19.4 Å². The Morgan fingerprint density at radius 3 is 2.83 bits per heavy atom. The van der Waals surface area contributed by atoms with Crippen LogP contribution in [0.5, 0.6) is 5.75 Å². The number of amides is 1. The lowest BCUT2D eigenvalue weighted by Crippen LogP contribution is -2.18. The summed E-state index contributed by atoms with van der Waals surface area (Å²) in [4.78, 5) is 11.1. The molecule has 100 valence electrons. The molecule has 0 aromatic heterocycles. The average Bonchev–Trinajstić information content (AvgIpc) is 2.42. The second-order valence-electron chi connectivity index (χ2n) is 4.18. The summed E-state index contributed by atoms with van der Waals surface area (Å²) in [5.74, 6) is 0.862. The molecule has 0 heterocycles. The number of benzene rings is 1. The van der Waals surface area contributed by atoms with Gasteiger partial charge >= 0.3 is 0 Å². The number of hydrogen-bond donors (Lipinski definition) is 2. The van der Waals surface area contributed by atoms with E-state index in [1.54, 1.807) is 7.05 Å². The highest BCUT2D eigenvalue weighted by atomic mass is 16.5. The number of para-hydroxylation sites is 1. The van der Waals surface area contributed by atoms with Gasteiger partial charge in [-0.3, -0.25) is 4.79 Å². The number of ether oxygens (including phenoxy) is 1. The predicted octanol–water partition coefficient (Wildman–Crippen LogP) is 2.00. The van der Waals surface area contributed by atoms with Crippen LogP contribution in [0.4, 0.5) is 0 Å². The van der Waals surface area contributed by atoms with Crippen molar-refractivity contribution in [3.63, 3.8) is 0 Å². The molecule has 0 radical (unpaired) electrons. The number of nitrogens with two attached hydrogens (primary N) is 1. The second-order valence-corrected chi connectivity index (χ2v) is 4.18. The van der Waals surface area contributed by atoms with Crippen LogP contribution in [0.1, 0.15) is 37.8 Å². The molecule has 1 unspecified atom stereocenters. The minimum absolute atomic E-state index is 0.000130. The van der Waals surface area contributed by atoms with Crippen LogP contribution in [0.15, 0.2) is 24.3 Å². The molecule has 1 aromatic rings. The van der Waals surface area contributed by atoms with Crippen molar-refractivity contribution in [1.29, 1.82) is 0 Å². The number of carbonyl (C=O) groups is 1. The van der Waals surface area contributed by atoms with E-state index in [2.05, 4.69) is 5.32 Å². The Morgan fingerprint density at radius 1 is 1.44 bits per heavy atom. The molecule has 0 fully saturated rings. The van der Waals surface area contributed by atoms with Crippen LogP contribution in [0.3, 0.4) is 0 Å². The molecule has 1 atom stereocenters. The standard InChI is InChI=1S/C14H22N2O2/c1-3-12(15)11-7-4-5-8-13(11)18-10-6-9-14(17)16-2/h4-5,7-8,12H,3,6,9-10,15H2,1-2H3,(H,16,17). The van der Waals surface area contributed by atoms with Gasteiger partial charge in [-0.25, -0.2) is 0 Å². The van der Waals surface area contributed by atoms with E-state index in [1.807, 2.05) is 31.2 Å². The summed E-state index contributed by atoms with van der Waals surface area (Å²) in [5.41, 5.74) is 7.05. The Morgan fingerprint density at radius 2 is 2.17 bits per heavy atom. The van der Waals surface area contributed by atoms with Crippen LogP contribution in [0.25, 0.3) is 0 Å². The van der Waals surface area contributed by atoms with E-state index in [9.17, 15) is 4.79 Å². The van der Waals surface area contributed by atoms with Crippen molar-refractivity contribution in [3.8, 4) is 5.75 Å². The molecule has 0 spiro atoms. The van der Waals surface area contributed by atoms with E-state index >= 15 is 0 Å². The molecule has 3 N–H and O–H groups in total. The molecule has 1 aromatic carbocycles. The highest BCUT2D eigenvalue weighted by Crippen LogP contribution is 2.25. The maximum Gasteiger partial charge on any atom is 0.219 e. The highest BCUT2D eigenvalue weighted by Gasteiger charge is 2.09. The van der Waals surface area contributed by atoms with Crippen molar-refractivity contribution in [2.45, 2.75) is 32.2 Å². The van der Waals surface area contributed by atoms with Crippen molar-refractivity contribution in [2.75, 3.05) is 13.7 Å². The Kier molecular flexibility index (Phi) is 6.22. The van der Waals surface area contributed by atoms with Gasteiger partial charge in [0, 0.05) is 25.1 Å². The molecule has 4 heteroatoms. The molecule has 18 heavy (non-hydrogen) atoms. The van der Waals surface area contributed by atoms with Crippen LogP contribution in [0, 0.1) is 0 Å². The van der Waals surface area contributed by atoms with E-state index in [1.165, 1.54) is 0 Å². The molecule has 0 aliphatic heterocycles. The van der Waals surface area contributed by atoms with Gasteiger partial charge < -0.3 is 15.8 Å². The molecule has 0 aliphatic rings. The molecule has 1 amide bonds. The number of nitrogens with one attached hydrogen (secondary N) is 1. The third kappa shape index (κ3) is 4.37. The predicted molar refractivity (Wildman–Crippen MR) is 72.5 cm³/mol.